The maximum Gasteiger partial charge on any atom is 0.149 e. The fourth-order valence-electron chi connectivity index (χ4n) is 1.57. The predicted octanol–water partition coefficient (Wildman–Crippen LogP) is 4.91. The molecule has 96 valence electrons. The molecule has 0 bridgehead atoms. The van der Waals surface area contributed by atoms with Gasteiger partial charge in [0.05, 0.1) is 27.6 Å². The van der Waals surface area contributed by atoms with Gasteiger partial charge in [-0.3, -0.25) is 4.98 Å². The lowest BCUT2D eigenvalue weighted by Gasteiger charge is -2.07. The molecule has 0 aliphatic carbocycles. The highest BCUT2D eigenvalue weighted by Gasteiger charge is 2.12. The number of nitriles is 1. The third-order valence-corrected chi connectivity index (χ3v) is 3.64. The van der Waals surface area contributed by atoms with Crippen LogP contribution in [-0.2, 0) is 6.42 Å². The van der Waals surface area contributed by atoms with Crippen molar-refractivity contribution in [1.29, 1.82) is 5.26 Å². The maximum atomic E-state index is 13.9. The van der Waals surface area contributed by atoms with Crippen molar-refractivity contribution in [2.45, 2.75) is 6.42 Å². The zero-order chi connectivity index (χ0) is 14.0. The third-order valence-electron chi connectivity index (χ3n) is 2.44. The first-order chi connectivity index (χ1) is 9.02. The van der Waals surface area contributed by atoms with E-state index >= 15 is 0 Å². The quantitative estimate of drug-likeness (QED) is 0.738. The number of benzene rings is 1. The van der Waals surface area contributed by atoms with E-state index in [1.807, 2.05) is 6.07 Å². The van der Waals surface area contributed by atoms with Gasteiger partial charge in [0.2, 0.25) is 0 Å². The lowest BCUT2D eigenvalue weighted by atomic mass is 10.1. The van der Waals surface area contributed by atoms with E-state index in [0.717, 1.165) is 0 Å². The van der Waals surface area contributed by atoms with E-state index in [9.17, 15) is 4.39 Å². The van der Waals surface area contributed by atoms with Crippen molar-refractivity contribution < 1.29 is 4.39 Å². The Morgan fingerprint density at radius 3 is 2.32 bits per heavy atom. The van der Waals surface area contributed by atoms with Gasteiger partial charge in [0.25, 0.3) is 0 Å². The SMILES string of the molecule is N#CCc1cnc(-c2cc(Cl)c(Cl)c(Cl)c2)c(F)c1. The summed E-state index contributed by atoms with van der Waals surface area (Å²) in [7, 11) is 0. The largest absolute Gasteiger partial charge is 0.253 e. The van der Waals surface area contributed by atoms with Gasteiger partial charge in [-0.15, -0.1) is 0 Å². The van der Waals surface area contributed by atoms with Crippen LogP contribution < -0.4 is 0 Å². The molecule has 19 heavy (non-hydrogen) atoms. The fraction of sp³-hybridized carbons (Fsp3) is 0.0769. The van der Waals surface area contributed by atoms with Gasteiger partial charge in [-0.1, -0.05) is 34.8 Å². The Balaban J connectivity index is 2.51. The normalized spacial score (nSPS) is 10.3. The summed E-state index contributed by atoms with van der Waals surface area (Å²) in [6.07, 6.45) is 1.55. The van der Waals surface area contributed by atoms with Crippen molar-refractivity contribution in [3.8, 4) is 17.3 Å². The molecule has 1 aromatic heterocycles. The Kier molecular flexibility index (Phi) is 4.26. The van der Waals surface area contributed by atoms with Crippen molar-refractivity contribution in [2.75, 3.05) is 0 Å². The molecular formula is C13H6Cl3FN2. The van der Waals surface area contributed by atoms with Crippen LogP contribution in [0.15, 0.2) is 24.4 Å². The van der Waals surface area contributed by atoms with Crippen LogP contribution >= 0.6 is 34.8 Å². The molecule has 0 fully saturated rings. The van der Waals surface area contributed by atoms with Gasteiger partial charge in [-0.25, -0.2) is 4.39 Å². The van der Waals surface area contributed by atoms with Crippen molar-refractivity contribution in [2.24, 2.45) is 0 Å². The second kappa shape index (κ2) is 5.75. The first-order valence-electron chi connectivity index (χ1n) is 5.19. The number of rotatable bonds is 2. The Bertz CT molecular complexity index is 657. The zero-order valence-corrected chi connectivity index (χ0v) is 11.7. The lowest BCUT2D eigenvalue weighted by Crippen LogP contribution is -1.93. The van der Waals surface area contributed by atoms with Gasteiger partial charge in [-0.2, -0.15) is 5.26 Å². The van der Waals surface area contributed by atoms with Gasteiger partial charge >= 0.3 is 0 Å². The van der Waals surface area contributed by atoms with Gasteiger partial charge in [0.1, 0.15) is 11.5 Å². The molecule has 2 nitrogen and oxygen atoms in total. The van der Waals surface area contributed by atoms with Gasteiger partial charge in [0.15, 0.2) is 0 Å². The minimum absolute atomic E-state index is 0.104. The van der Waals surface area contributed by atoms with E-state index in [1.165, 1.54) is 24.4 Å². The summed E-state index contributed by atoms with van der Waals surface area (Å²) in [6, 6.07) is 6.18. The third kappa shape index (κ3) is 2.98. The summed E-state index contributed by atoms with van der Waals surface area (Å²) in [5, 5.41) is 9.22. The number of hydrogen-bond donors (Lipinski definition) is 0. The molecule has 0 saturated heterocycles. The molecule has 1 aromatic carbocycles. The summed E-state index contributed by atoms with van der Waals surface area (Å²) in [5.41, 5.74) is 1.05. The molecular weight excluding hydrogens is 310 g/mol. The lowest BCUT2D eigenvalue weighted by molar-refractivity contribution is 0.624. The van der Waals surface area contributed by atoms with Crippen LogP contribution in [-0.4, -0.2) is 4.98 Å². The topological polar surface area (TPSA) is 36.7 Å². The Morgan fingerprint density at radius 2 is 1.79 bits per heavy atom. The van der Waals surface area contributed by atoms with Crippen LogP contribution in [0.2, 0.25) is 15.1 Å². The summed E-state index contributed by atoms with van der Waals surface area (Å²) < 4.78 is 13.9. The van der Waals surface area contributed by atoms with E-state index in [1.54, 1.807) is 0 Å². The summed E-state index contributed by atoms with van der Waals surface area (Å²) in [6.45, 7) is 0. The molecule has 0 amide bonds. The Hall–Kier alpha value is -1.34. The first-order valence-corrected chi connectivity index (χ1v) is 6.32. The Labute approximate surface area is 124 Å². The molecule has 0 aliphatic heterocycles. The summed E-state index contributed by atoms with van der Waals surface area (Å²) >= 11 is 17.6. The van der Waals surface area contributed by atoms with Crippen LogP contribution in [0.25, 0.3) is 11.3 Å². The molecule has 0 aliphatic rings. The number of pyridine rings is 1. The molecule has 0 radical (unpaired) electrons. The van der Waals surface area contributed by atoms with E-state index in [-0.39, 0.29) is 27.2 Å². The smallest absolute Gasteiger partial charge is 0.149 e. The molecule has 0 spiro atoms. The molecule has 2 rings (SSSR count). The van der Waals surface area contributed by atoms with Crippen molar-refractivity contribution in [3.05, 3.63) is 50.8 Å². The Morgan fingerprint density at radius 1 is 1.16 bits per heavy atom. The predicted molar refractivity (Wildman–Crippen MR) is 74.0 cm³/mol. The highest BCUT2D eigenvalue weighted by molar-refractivity contribution is 6.48. The van der Waals surface area contributed by atoms with E-state index < -0.39 is 5.82 Å². The van der Waals surface area contributed by atoms with Crippen LogP contribution in [0.3, 0.4) is 0 Å². The highest BCUT2D eigenvalue weighted by atomic mass is 35.5. The summed E-state index contributed by atoms with van der Waals surface area (Å²) in [4.78, 5) is 3.99. The second-order valence-electron chi connectivity index (χ2n) is 3.76. The molecule has 6 heteroatoms. The average molecular weight is 316 g/mol. The first kappa shape index (κ1) is 14.1. The number of hydrogen-bond acceptors (Lipinski definition) is 2. The van der Waals surface area contributed by atoms with E-state index in [2.05, 4.69) is 4.98 Å². The zero-order valence-electron chi connectivity index (χ0n) is 9.42. The second-order valence-corrected chi connectivity index (χ2v) is 4.96. The van der Waals surface area contributed by atoms with E-state index in [4.69, 9.17) is 40.1 Å². The van der Waals surface area contributed by atoms with Crippen LogP contribution in [0, 0.1) is 17.1 Å². The summed E-state index contributed by atoms with van der Waals surface area (Å²) in [5.74, 6) is -0.540. The maximum absolute atomic E-state index is 13.9. The molecule has 2 aromatic rings. The molecule has 1 heterocycles. The standard InChI is InChI=1S/C13H6Cl3FN2/c14-9-4-8(5-10(15)12(9)16)13-11(17)3-7(1-2-18)6-19-13/h3-6H,1H2. The van der Waals surface area contributed by atoms with Crippen molar-refractivity contribution in [3.63, 3.8) is 0 Å². The van der Waals surface area contributed by atoms with Crippen molar-refractivity contribution >= 4 is 34.8 Å². The monoisotopic (exact) mass is 314 g/mol. The number of nitrogens with zero attached hydrogens (tertiary/aromatic N) is 2. The van der Waals surface area contributed by atoms with Crippen molar-refractivity contribution in [1.82, 2.24) is 4.98 Å². The van der Waals surface area contributed by atoms with Crippen LogP contribution in [0.1, 0.15) is 5.56 Å². The molecule has 0 atom stereocenters. The van der Waals surface area contributed by atoms with E-state index in [0.29, 0.717) is 11.1 Å². The van der Waals surface area contributed by atoms with Gasteiger partial charge < -0.3 is 0 Å². The minimum atomic E-state index is -0.540. The molecule has 0 unspecified atom stereocenters. The molecule has 0 saturated carbocycles. The van der Waals surface area contributed by atoms with Crippen LogP contribution in [0.4, 0.5) is 4.39 Å². The number of aromatic nitrogens is 1. The van der Waals surface area contributed by atoms with Gasteiger partial charge in [-0.05, 0) is 23.8 Å². The van der Waals surface area contributed by atoms with Gasteiger partial charge in [0, 0.05) is 11.8 Å². The minimum Gasteiger partial charge on any atom is -0.253 e. The highest BCUT2D eigenvalue weighted by Crippen LogP contribution is 2.35. The van der Waals surface area contributed by atoms with Crippen LogP contribution in [0.5, 0.6) is 0 Å². The average Bonchev–Trinajstić information content (AvgIpc) is 2.36. The number of halogens is 4. The molecule has 0 N–H and O–H groups in total. The fourth-order valence-corrected chi connectivity index (χ4v) is 2.17.